The maximum Gasteiger partial charge on any atom is 0.133 e. The van der Waals surface area contributed by atoms with Gasteiger partial charge in [0.2, 0.25) is 0 Å². The normalized spacial score (nSPS) is 22.1. The number of hydrogen-bond donors (Lipinski definition) is 0. The Kier molecular flexibility index (Phi) is 3.66. The number of morpholine rings is 1. The minimum Gasteiger partial charge on any atom is -0.497 e. The van der Waals surface area contributed by atoms with E-state index in [1.54, 1.807) is 7.11 Å². The van der Waals surface area contributed by atoms with Gasteiger partial charge in [0.05, 0.1) is 25.9 Å². The van der Waals surface area contributed by atoms with Gasteiger partial charge in [-0.05, 0) is 37.1 Å². The molecule has 108 valence electrons. The molecule has 1 aliphatic heterocycles. The third-order valence-electron chi connectivity index (χ3n) is 4.53. The van der Waals surface area contributed by atoms with E-state index >= 15 is 0 Å². The number of carbonyl (C=O) groups is 1. The van der Waals surface area contributed by atoms with E-state index in [0.29, 0.717) is 18.6 Å². The number of rotatable bonds is 2. The maximum absolute atomic E-state index is 11.5. The summed E-state index contributed by atoms with van der Waals surface area (Å²) in [6.45, 7) is 2.37. The molecule has 1 saturated heterocycles. The Hall–Kier alpha value is -1.55. The summed E-state index contributed by atoms with van der Waals surface area (Å²) in [5.74, 6) is 1.26. The molecule has 2 fully saturated rings. The van der Waals surface area contributed by atoms with E-state index in [-0.39, 0.29) is 5.54 Å². The Morgan fingerprint density at radius 1 is 1.20 bits per heavy atom. The molecule has 0 bridgehead atoms. The molecule has 0 radical (unpaired) electrons. The molecule has 1 heterocycles. The number of anilines is 1. The van der Waals surface area contributed by atoms with Crippen LogP contribution >= 0.6 is 0 Å². The van der Waals surface area contributed by atoms with E-state index in [1.165, 1.54) is 5.69 Å². The van der Waals surface area contributed by atoms with Crippen molar-refractivity contribution < 1.29 is 14.3 Å². The van der Waals surface area contributed by atoms with Gasteiger partial charge in [-0.2, -0.15) is 0 Å². The SMILES string of the molecule is COc1ccc(N2CCOCC23CCC(=O)CC3)cc1. The van der Waals surface area contributed by atoms with Gasteiger partial charge in [0.15, 0.2) is 0 Å². The highest BCUT2D eigenvalue weighted by Gasteiger charge is 2.42. The topological polar surface area (TPSA) is 38.8 Å². The predicted octanol–water partition coefficient (Wildman–Crippen LogP) is 2.41. The zero-order valence-electron chi connectivity index (χ0n) is 11.9. The fourth-order valence-corrected chi connectivity index (χ4v) is 3.31. The summed E-state index contributed by atoms with van der Waals surface area (Å²) >= 11 is 0. The van der Waals surface area contributed by atoms with Crippen molar-refractivity contribution in [2.24, 2.45) is 0 Å². The van der Waals surface area contributed by atoms with Crippen molar-refractivity contribution in [1.82, 2.24) is 0 Å². The summed E-state index contributed by atoms with van der Waals surface area (Å²) in [5.41, 5.74) is 1.20. The van der Waals surface area contributed by atoms with Crippen molar-refractivity contribution in [1.29, 1.82) is 0 Å². The summed E-state index contributed by atoms with van der Waals surface area (Å²) in [5, 5.41) is 0. The van der Waals surface area contributed by atoms with Gasteiger partial charge < -0.3 is 14.4 Å². The van der Waals surface area contributed by atoms with E-state index < -0.39 is 0 Å². The summed E-state index contributed by atoms with van der Waals surface area (Å²) in [4.78, 5) is 14.0. The van der Waals surface area contributed by atoms with Crippen molar-refractivity contribution in [2.75, 3.05) is 31.8 Å². The second-order valence-electron chi connectivity index (χ2n) is 5.67. The lowest BCUT2D eigenvalue weighted by Crippen LogP contribution is -2.58. The van der Waals surface area contributed by atoms with E-state index in [1.807, 2.05) is 12.1 Å². The standard InChI is InChI=1S/C16H21NO3/c1-19-15-4-2-13(3-5-15)17-10-11-20-12-16(17)8-6-14(18)7-9-16/h2-5H,6-12H2,1H3. The van der Waals surface area contributed by atoms with Crippen LogP contribution in [0.1, 0.15) is 25.7 Å². The van der Waals surface area contributed by atoms with Gasteiger partial charge in [-0.15, -0.1) is 0 Å². The first-order valence-electron chi connectivity index (χ1n) is 7.25. The Bertz CT molecular complexity index is 473. The van der Waals surface area contributed by atoms with Crippen molar-refractivity contribution in [2.45, 2.75) is 31.2 Å². The van der Waals surface area contributed by atoms with Gasteiger partial charge in [-0.25, -0.2) is 0 Å². The number of methoxy groups -OCH3 is 1. The number of Topliss-reactive ketones (excluding diaryl/α,β-unsaturated/α-hetero) is 1. The van der Waals surface area contributed by atoms with E-state index in [2.05, 4.69) is 17.0 Å². The molecule has 4 nitrogen and oxygen atoms in total. The fraction of sp³-hybridized carbons (Fsp3) is 0.562. The first-order chi connectivity index (χ1) is 9.73. The van der Waals surface area contributed by atoms with Crippen LogP contribution in [0.3, 0.4) is 0 Å². The molecule has 2 aliphatic rings. The number of ketones is 1. The summed E-state index contributed by atoms with van der Waals surface area (Å²) in [6.07, 6.45) is 3.15. The van der Waals surface area contributed by atoms with E-state index in [9.17, 15) is 4.79 Å². The van der Waals surface area contributed by atoms with Gasteiger partial charge in [-0.3, -0.25) is 4.79 Å². The lowest BCUT2D eigenvalue weighted by atomic mass is 9.79. The predicted molar refractivity (Wildman–Crippen MR) is 77.4 cm³/mol. The monoisotopic (exact) mass is 275 g/mol. The Morgan fingerprint density at radius 3 is 2.55 bits per heavy atom. The summed E-state index contributed by atoms with van der Waals surface area (Å²) in [7, 11) is 1.68. The minimum absolute atomic E-state index is 0.000743. The van der Waals surface area contributed by atoms with Crippen LogP contribution in [0.4, 0.5) is 5.69 Å². The van der Waals surface area contributed by atoms with Gasteiger partial charge in [0.1, 0.15) is 11.5 Å². The number of ether oxygens (including phenoxy) is 2. The van der Waals surface area contributed by atoms with Gasteiger partial charge in [-0.1, -0.05) is 0 Å². The quantitative estimate of drug-likeness (QED) is 0.831. The van der Waals surface area contributed by atoms with Crippen molar-refractivity contribution in [3.63, 3.8) is 0 Å². The van der Waals surface area contributed by atoms with Crippen LogP contribution in [0.15, 0.2) is 24.3 Å². The molecule has 0 N–H and O–H groups in total. The molecule has 0 amide bonds. The molecular weight excluding hydrogens is 254 g/mol. The van der Waals surface area contributed by atoms with Crippen LogP contribution < -0.4 is 9.64 Å². The molecule has 0 unspecified atom stereocenters. The molecule has 1 saturated carbocycles. The second-order valence-corrected chi connectivity index (χ2v) is 5.67. The lowest BCUT2D eigenvalue weighted by molar-refractivity contribution is -0.122. The van der Waals surface area contributed by atoms with Crippen LogP contribution in [0.5, 0.6) is 5.75 Å². The number of hydrogen-bond acceptors (Lipinski definition) is 4. The minimum atomic E-state index is 0.000743. The molecule has 4 heteroatoms. The summed E-state index contributed by atoms with van der Waals surface area (Å²) in [6, 6.07) is 8.18. The van der Waals surface area contributed by atoms with Crippen LogP contribution in [-0.2, 0) is 9.53 Å². The van der Waals surface area contributed by atoms with Crippen molar-refractivity contribution in [3.05, 3.63) is 24.3 Å². The molecule has 3 rings (SSSR count). The third kappa shape index (κ3) is 2.40. The largest absolute Gasteiger partial charge is 0.497 e. The fourth-order valence-electron chi connectivity index (χ4n) is 3.31. The molecule has 1 spiro atoms. The van der Waals surface area contributed by atoms with Crippen LogP contribution in [-0.4, -0.2) is 38.2 Å². The number of benzene rings is 1. The van der Waals surface area contributed by atoms with Gasteiger partial charge in [0, 0.05) is 25.1 Å². The number of nitrogens with zero attached hydrogens (tertiary/aromatic N) is 1. The van der Waals surface area contributed by atoms with Gasteiger partial charge in [0.25, 0.3) is 0 Å². The third-order valence-corrected chi connectivity index (χ3v) is 4.53. The average Bonchev–Trinajstić information content (AvgIpc) is 2.51. The molecule has 20 heavy (non-hydrogen) atoms. The van der Waals surface area contributed by atoms with Crippen LogP contribution in [0.25, 0.3) is 0 Å². The number of carbonyl (C=O) groups excluding carboxylic acids is 1. The Morgan fingerprint density at radius 2 is 1.90 bits per heavy atom. The molecule has 1 aromatic rings. The van der Waals surface area contributed by atoms with Crippen LogP contribution in [0.2, 0.25) is 0 Å². The summed E-state index contributed by atoms with van der Waals surface area (Å²) < 4.78 is 10.9. The first-order valence-corrected chi connectivity index (χ1v) is 7.25. The highest BCUT2D eigenvalue weighted by Crippen LogP contribution is 2.38. The van der Waals surface area contributed by atoms with E-state index in [4.69, 9.17) is 9.47 Å². The van der Waals surface area contributed by atoms with Crippen molar-refractivity contribution in [3.8, 4) is 5.75 Å². The second kappa shape index (κ2) is 5.44. The first kappa shape index (κ1) is 13.4. The zero-order valence-corrected chi connectivity index (χ0v) is 11.9. The van der Waals surface area contributed by atoms with Crippen molar-refractivity contribution >= 4 is 11.5 Å². The molecular formula is C16H21NO3. The maximum atomic E-state index is 11.5. The Balaban J connectivity index is 1.86. The smallest absolute Gasteiger partial charge is 0.133 e. The molecule has 1 aromatic carbocycles. The molecule has 0 aromatic heterocycles. The van der Waals surface area contributed by atoms with Crippen LogP contribution in [0, 0.1) is 0 Å². The van der Waals surface area contributed by atoms with Gasteiger partial charge >= 0.3 is 0 Å². The molecule has 1 aliphatic carbocycles. The Labute approximate surface area is 119 Å². The average molecular weight is 275 g/mol. The lowest BCUT2D eigenvalue weighted by Gasteiger charge is -2.50. The highest BCUT2D eigenvalue weighted by molar-refractivity contribution is 5.80. The molecule has 0 atom stereocenters. The zero-order chi connectivity index (χ0) is 14.0. The highest BCUT2D eigenvalue weighted by atomic mass is 16.5. The van der Waals surface area contributed by atoms with E-state index in [0.717, 1.165) is 38.3 Å².